The van der Waals surface area contributed by atoms with Gasteiger partial charge in [0.25, 0.3) is 0 Å². The second kappa shape index (κ2) is 10.1. The molecule has 0 aromatic carbocycles. The molecule has 1 aromatic rings. The number of amides is 1. The predicted molar refractivity (Wildman–Crippen MR) is 104 cm³/mol. The van der Waals surface area contributed by atoms with Crippen LogP contribution >= 0.6 is 0 Å². The first kappa shape index (κ1) is 19.4. The molecule has 5 heteroatoms. The fourth-order valence-corrected chi connectivity index (χ4v) is 4.68. The number of carbonyl (C=O) groups is 1. The lowest BCUT2D eigenvalue weighted by molar-refractivity contribution is -0.133. The van der Waals surface area contributed by atoms with E-state index in [0.29, 0.717) is 30.9 Å². The predicted octanol–water partition coefficient (Wildman–Crippen LogP) is 3.01. The summed E-state index contributed by atoms with van der Waals surface area (Å²) in [5.41, 5.74) is 0. The summed E-state index contributed by atoms with van der Waals surface area (Å²) in [6.07, 6.45) is 12.2. The van der Waals surface area contributed by atoms with Crippen LogP contribution in [0.1, 0.15) is 44.9 Å². The number of ether oxygens (including phenoxy) is 1. The topological polar surface area (TPSA) is 37.7 Å². The van der Waals surface area contributed by atoms with Crippen LogP contribution in [-0.4, -0.2) is 66.2 Å². The van der Waals surface area contributed by atoms with Crippen LogP contribution in [0.25, 0.3) is 0 Å². The van der Waals surface area contributed by atoms with Crippen LogP contribution in [-0.2, 0) is 16.1 Å². The number of piperidine rings is 2. The van der Waals surface area contributed by atoms with Gasteiger partial charge in [-0.25, -0.2) is 0 Å². The van der Waals surface area contributed by atoms with Crippen molar-refractivity contribution in [1.82, 2.24) is 14.4 Å². The van der Waals surface area contributed by atoms with Crippen LogP contribution in [0.5, 0.6) is 0 Å². The molecule has 5 nitrogen and oxygen atoms in total. The molecule has 0 saturated carbocycles. The smallest absolute Gasteiger partial charge is 0.222 e. The first-order chi connectivity index (χ1) is 12.8. The molecule has 1 aromatic heterocycles. The Hall–Kier alpha value is -1.33. The molecule has 0 bridgehead atoms. The summed E-state index contributed by atoms with van der Waals surface area (Å²) in [6, 6.07) is 4.76. The maximum Gasteiger partial charge on any atom is 0.222 e. The molecule has 0 N–H and O–H groups in total. The Labute approximate surface area is 158 Å². The van der Waals surface area contributed by atoms with Gasteiger partial charge in [-0.2, -0.15) is 0 Å². The fraction of sp³-hybridized carbons (Fsp3) is 0.762. The normalized spacial score (nSPS) is 23.6. The van der Waals surface area contributed by atoms with Gasteiger partial charge in [0.15, 0.2) is 0 Å². The summed E-state index contributed by atoms with van der Waals surface area (Å²) in [5, 5.41) is 0. The molecule has 0 aliphatic carbocycles. The molecule has 2 saturated heterocycles. The van der Waals surface area contributed by atoms with Crippen molar-refractivity contribution in [3.05, 3.63) is 24.5 Å². The molecule has 2 atom stereocenters. The van der Waals surface area contributed by atoms with E-state index in [4.69, 9.17) is 4.74 Å². The highest BCUT2D eigenvalue weighted by atomic mass is 16.5. The summed E-state index contributed by atoms with van der Waals surface area (Å²) in [5.74, 6) is 0.927. The van der Waals surface area contributed by atoms with Gasteiger partial charge >= 0.3 is 0 Å². The van der Waals surface area contributed by atoms with Crippen molar-refractivity contribution >= 4 is 5.91 Å². The standard InChI is InChI=1S/C21H35N3O2/c1-26-17-16-24(21(25)10-7-13-22-11-4-5-12-22)18-19-8-6-15-23-14-3-2-9-20(19)23/h4-5,11-12,19-20H,2-3,6-10,13-18H2,1H3. The van der Waals surface area contributed by atoms with Gasteiger partial charge in [-0.1, -0.05) is 6.42 Å². The first-order valence-electron chi connectivity index (χ1n) is 10.4. The van der Waals surface area contributed by atoms with E-state index < -0.39 is 0 Å². The van der Waals surface area contributed by atoms with Crippen molar-refractivity contribution in [3.8, 4) is 0 Å². The summed E-state index contributed by atoms with van der Waals surface area (Å²) < 4.78 is 7.42. The van der Waals surface area contributed by atoms with E-state index >= 15 is 0 Å². The Kier molecular flexibility index (Phi) is 7.56. The van der Waals surface area contributed by atoms with Crippen LogP contribution in [0.4, 0.5) is 0 Å². The van der Waals surface area contributed by atoms with Crippen molar-refractivity contribution in [3.63, 3.8) is 0 Å². The molecule has 3 rings (SSSR count). The second-order valence-corrected chi connectivity index (χ2v) is 7.86. The maximum absolute atomic E-state index is 12.9. The lowest BCUT2D eigenvalue weighted by Crippen LogP contribution is -2.52. The third kappa shape index (κ3) is 5.34. The minimum atomic E-state index is 0.294. The number of nitrogens with zero attached hydrogens (tertiary/aromatic N) is 3. The van der Waals surface area contributed by atoms with Gasteiger partial charge in [0.2, 0.25) is 5.91 Å². The lowest BCUT2D eigenvalue weighted by atomic mass is 9.83. The minimum Gasteiger partial charge on any atom is -0.383 e. The summed E-state index contributed by atoms with van der Waals surface area (Å²) in [6.45, 7) is 5.68. The van der Waals surface area contributed by atoms with E-state index in [1.54, 1.807) is 7.11 Å². The van der Waals surface area contributed by atoms with Gasteiger partial charge in [0.1, 0.15) is 0 Å². The van der Waals surface area contributed by atoms with E-state index in [1.165, 1.54) is 45.2 Å². The van der Waals surface area contributed by atoms with Gasteiger partial charge in [-0.05, 0) is 63.2 Å². The van der Waals surface area contributed by atoms with Crippen molar-refractivity contribution in [2.75, 3.05) is 39.9 Å². The van der Waals surface area contributed by atoms with Gasteiger partial charge < -0.3 is 19.1 Å². The Morgan fingerprint density at radius 3 is 2.77 bits per heavy atom. The Morgan fingerprint density at radius 2 is 1.96 bits per heavy atom. The first-order valence-corrected chi connectivity index (χ1v) is 10.4. The molecule has 1 amide bonds. The third-order valence-corrected chi connectivity index (χ3v) is 6.07. The molecule has 2 unspecified atom stereocenters. The van der Waals surface area contributed by atoms with Crippen LogP contribution in [0.15, 0.2) is 24.5 Å². The van der Waals surface area contributed by atoms with Crippen LogP contribution in [0, 0.1) is 5.92 Å². The SMILES string of the molecule is COCCN(CC1CCCN2CCCCC12)C(=O)CCCn1cccc1. The zero-order valence-electron chi connectivity index (χ0n) is 16.3. The molecule has 2 aliphatic rings. The van der Waals surface area contributed by atoms with Crippen molar-refractivity contribution in [1.29, 1.82) is 0 Å². The van der Waals surface area contributed by atoms with E-state index in [2.05, 4.69) is 26.8 Å². The van der Waals surface area contributed by atoms with Gasteiger partial charge in [-0.15, -0.1) is 0 Å². The number of methoxy groups -OCH3 is 1. The second-order valence-electron chi connectivity index (χ2n) is 7.86. The minimum absolute atomic E-state index is 0.294. The summed E-state index contributed by atoms with van der Waals surface area (Å²) in [4.78, 5) is 17.6. The Morgan fingerprint density at radius 1 is 1.15 bits per heavy atom. The number of hydrogen-bond acceptors (Lipinski definition) is 3. The van der Waals surface area contributed by atoms with Crippen molar-refractivity contribution < 1.29 is 9.53 Å². The van der Waals surface area contributed by atoms with Gasteiger partial charge in [0.05, 0.1) is 6.61 Å². The molecule has 0 spiro atoms. The highest BCUT2D eigenvalue weighted by molar-refractivity contribution is 5.76. The highest BCUT2D eigenvalue weighted by Gasteiger charge is 2.34. The molecule has 3 heterocycles. The molecule has 2 aliphatic heterocycles. The molecule has 26 heavy (non-hydrogen) atoms. The maximum atomic E-state index is 12.9. The van der Waals surface area contributed by atoms with Gasteiger partial charge in [-0.3, -0.25) is 4.79 Å². The third-order valence-electron chi connectivity index (χ3n) is 6.07. The van der Waals surface area contributed by atoms with Crippen LogP contribution < -0.4 is 0 Å². The van der Waals surface area contributed by atoms with Crippen LogP contribution in [0.3, 0.4) is 0 Å². The van der Waals surface area contributed by atoms with Crippen molar-refractivity contribution in [2.45, 2.75) is 57.5 Å². The van der Waals surface area contributed by atoms with E-state index in [0.717, 1.165) is 26.1 Å². The monoisotopic (exact) mass is 361 g/mol. The Balaban J connectivity index is 1.53. The number of carbonyl (C=O) groups excluding carboxylic acids is 1. The Bertz CT molecular complexity index is 529. The molecule has 146 valence electrons. The van der Waals surface area contributed by atoms with Crippen molar-refractivity contribution in [2.24, 2.45) is 5.92 Å². The van der Waals surface area contributed by atoms with E-state index in [-0.39, 0.29) is 0 Å². The average Bonchev–Trinajstić information content (AvgIpc) is 3.18. The van der Waals surface area contributed by atoms with Crippen LogP contribution in [0.2, 0.25) is 0 Å². The fourth-order valence-electron chi connectivity index (χ4n) is 4.68. The number of fused-ring (bicyclic) bond motifs is 1. The largest absolute Gasteiger partial charge is 0.383 e. The number of hydrogen-bond donors (Lipinski definition) is 0. The average molecular weight is 362 g/mol. The number of aromatic nitrogens is 1. The van der Waals surface area contributed by atoms with E-state index in [1.807, 2.05) is 12.1 Å². The quantitative estimate of drug-likeness (QED) is 0.679. The summed E-state index contributed by atoms with van der Waals surface area (Å²) >= 11 is 0. The number of rotatable bonds is 9. The van der Waals surface area contributed by atoms with E-state index in [9.17, 15) is 4.79 Å². The molecule has 2 fully saturated rings. The lowest BCUT2D eigenvalue weighted by Gasteiger charge is -2.45. The summed E-state index contributed by atoms with van der Waals surface area (Å²) in [7, 11) is 1.72. The number of aryl methyl sites for hydroxylation is 1. The zero-order chi connectivity index (χ0) is 18.2. The zero-order valence-corrected chi connectivity index (χ0v) is 16.3. The van der Waals surface area contributed by atoms with Gasteiger partial charge in [0, 0.05) is 51.6 Å². The molecule has 0 radical (unpaired) electrons. The highest BCUT2D eigenvalue weighted by Crippen LogP contribution is 2.31. The molecular formula is C21H35N3O2. The molecular weight excluding hydrogens is 326 g/mol.